The zero-order valence-electron chi connectivity index (χ0n) is 13.3. The van der Waals surface area contributed by atoms with Gasteiger partial charge in [-0.2, -0.15) is 0 Å². The number of piperazine rings is 1. The van der Waals surface area contributed by atoms with Crippen LogP contribution >= 0.6 is 0 Å². The van der Waals surface area contributed by atoms with Crippen molar-refractivity contribution in [1.82, 2.24) is 9.80 Å². The molecule has 2 rings (SSSR count). The fraction of sp³-hybridized carbons (Fsp3) is 0.500. The van der Waals surface area contributed by atoms with Crippen LogP contribution in [0.3, 0.4) is 0 Å². The average Bonchev–Trinajstić information content (AvgIpc) is 2.57. The Balaban J connectivity index is 1.71. The number of nitrogens with one attached hydrogen (secondary N) is 1. The molecule has 0 saturated carbocycles. The number of carbonyl (C=O) groups excluding carboxylic acids is 2. The van der Waals surface area contributed by atoms with Crippen LogP contribution in [0, 0.1) is 5.82 Å². The summed E-state index contributed by atoms with van der Waals surface area (Å²) in [5.74, 6) is -0.333. The third kappa shape index (κ3) is 4.84. The van der Waals surface area contributed by atoms with Gasteiger partial charge in [0.1, 0.15) is 5.82 Å². The molecule has 0 unspecified atom stereocenters. The Bertz CT molecular complexity index is 545. The molecule has 1 aliphatic rings. The molecule has 0 bridgehead atoms. The fourth-order valence-electron chi connectivity index (χ4n) is 2.42. The molecule has 7 heteroatoms. The van der Waals surface area contributed by atoms with Crippen molar-refractivity contribution in [2.24, 2.45) is 0 Å². The molecule has 1 aliphatic heterocycles. The summed E-state index contributed by atoms with van der Waals surface area (Å²) in [7, 11) is 0. The highest BCUT2D eigenvalue weighted by Gasteiger charge is 2.24. The number of hydrogen-bond acceptors (Lipinski definition) is 4. The molecule has 2 amide bonds. The van der Waals surface area contributed by atoms with Gasteiger partial charge in [0, 0.05) is 39.1 Å². The number of halogens is 1. The first-order chi connectivity index (χ1) is 11.1. The van der Waals surface area contributed by atoms with Gasteiger partial charge in [0.25, 0.3) is 0 Å². The highest BCUT2D eigenvalue weighted by atomic mass is 19.1. The molecular weight excluding hydrogens is 301 g/mol. The highest BCUT2D eigenvalue weighted by molar-refractivity contribution is 5.77. The van der Waals surface area contributed by atoms with Crippen molar-refractivity contribution in [3.8, 4) is 0 Å². The Labute approximate surface area is 135 Å². The molecule has 0 aromatic heterocycles. The molecule has 1 fully saturated rings. The zero-order valence-corrected chi connectivity index (χ0v) is 13.3. The van der Waals surface area contributed by atoms with Crippen molar-refractivity contribution in [1.29, 1.82) is 0 Å². The SMILES string of the molecule is CCOC(=O)N1CCN(C(=O)CCNc2ccccc2F)CC1. The molecular formula is C16H22FN3O3. The van der Waals surface area contributed by atoms with E-state index in [0.717, 1.165) is 0 Å². The number of amides is 2. The van der Waals surface area contributed by atoms with Crippen LogP contribution in [0.25, 0.3) is 0 Å². The van der Waals surface area contributed by atoms with Crippen molar-refractivity contribution >= 4 is 17.7 Å². The van der Waals surface area contributed by atoms with Crippen molar-refractivity contribution in [3.63, 3.8) is 0 Å². The van der Waals surface area contributed by atoms with Crippen LogP contribution in [0.2, 0.25) is 0 Å². The van der Waals surface area contributed by atoms with Gasteiger partial charge in [-0.25, -0.2) is 9.18 Å². The first kappa shape index (κ1) is 17.1. The Kier molecular flexibility index (Phi) is 6.19. The second-order valence-electron chi connectivity index (χ2n) is 5.22. The van der Waals surface area contributed by atoms with E-state index in [1.165, 1.54) is 6.07 Å². The fourth-order valence-corrected chi connectivity index (χ4v) is 2.42. The van der Waals surface area contributed by atoms with Gasteiger partial charge < -0.3 is 19.9 Å². The van der Waals surface area contributed by atoms with E-state index in [1.807, 2.05) is 0 Å². The van der Waals surface area contributed by atoms with Gasteiger partial charge in [-0.3, -0.25) is 4.79 Å². The number of benzene rings is 1. The lowest BCUT2D eigenvalue weighted by Gasteiger charge is -2.34. The maximum absolute atomic E-state index is 13.4. The second-order valence-corrected chi connectivity index (χ2v) is 5.22. The van der Waals surface area contributed by atoms with E-state index in [1.54, 1.807) is 34.9 Å². The van der Waals surface area contributed by atoms with Crippen LogP contribution in [0.5, 0.6) is 0 Å². The molecule has 126 valence electrons. The minimum atomic E-state index is -0.333. The number of carbonyl (C=O) groups is 2. The Morgan fingerprint density at radius 1 is 1.17 bits per heavy atom. The molecule has 23 heavy (non-hydrogen) atoms. The number of nitrogens with zero attached hydrogens (tertiary/aromatic N) is 2. The molecule has 6 nitrogen and oxygen atoms in total. The van der Waals surface area contributed by atoms with Gasteiger partial charge in [0.15, 0.2) is 0 Å². The maximum atomic E-state index is 13.4. The van der Waals surface area contributed by atoms with Gasteiger partial charge in [-0.1, -0.05) is 12.1 Å². The van der Waals surface area contributed by atoms with Gasteiger partial charge in [-0.15, -0.1) is 0 Å². The number of ether oxygens (including phenoxy) is 1. The summed E-state index contributed by atoms with van der Waals surface area (Å²) in [5.41, 5.74) is 0.396. The second kappa shape index (κ2) is 8.36. The van der Waals surface area contributed by atoms with Gasteiger partial charge in [0.05, 0.1) is 12.3 Å². The molecule has 0 radical (unpaired) electrons. The first-order valence-electron chi connectivity index (χ1n) is 7.79. The molecule has 1 aromatic rings. The van der Waals surface area contributed by atoms with Gasteiger partial charge in [-0.05, 0) is 19.1 Å². The lowest BCUT2D eigenvalue weighted by atomic mass is 10.2. The molecule has 0 aliphatic carbocycles. The van der Waals surface area contributed by atoms with Crippen molar-refractivity contribution < 1.29 is 18.7 Å². The number of hydrogen-bond donors (Lipinski definition) is 1. The van der Waals surface area contributed by atoms with Gasteiger partial charge >= 0.3 is 6.09 Å². The monoisotopic (exact) mass is 323 g/mol. The lowest BCUT2D eigenvalue weighted by Crippen LogP contribution is -2.50. The van der Waals surface area contributed by atoms with Crippen LogP contribution in [-0.4, -0.2) is 61.1 Å². The minimum Gasteiger partial charge on any atom is -0.450 e. The van der Waals surface area contributed by atoms with E-state index in [9.17, 15) is 14.0 Å². The third-order valence-corrected chi connectivity index (χ3v) is 3.69. The van der Waals surface area contributed by atoms with Crippen molar-refractivity contribution in [2.75, 3.05) is 44.6 Å². The van der Waals surface area contributed by atoms with E-state index < -0.39 is 0 Å². The predicted octanol–water partition coefficient (Wildman–Crippen LogP) is 1.93. The summed E-state index contributed by atoms with van der Waals surface area (Å²) in [6, 6.07) is 6.37. The van der Waals surface area contributed by atoms with Crippen LogP contribution in [0.4, 0.5) is 14.9 Å². The molecule has 1 saturated heterocycles. The normalized spacial score (nSPS) is 14.5. The van der Waals surface area contributed by atoms with Gasteiger partial charge in [0.2, 0.25) is 5.91 Å². The highest BCUT2D eigenvalue weighted by Crippen LogP contribution is 2.12. The van der Waals surface area contributed by atoms with E-state index in [0.29, 0.717) is 45.0 Å². The molecule has 1 aromatic carbocycles. The quantitative estimate of drug-likeness (QED) is 0.899. The molecule has 0 atom stereocenters. The predicted molar refractivity (Wildman–Crippen MR) is 84.7 cm³/mol. The van der Waals surface area contributed by atoms with Crippen LogP contribution in [-0.2, 0) is 9.53 Å². The summed E-state index contributed by atoms with van der Waals surface area (Å²) in [4.78, 5) is 27.0. The topological polar surface area (TPSA) is 61.9 Å². The summed E-state index contributed by atoms with van der Waals surface area (Å²) >= 11 is 0. The summed E-state index contributed by atoms with van der Waals surface area (Å²) < 4.78 is 18.4. The summed E-state index contributed by atoms with van der Waals surface area (Å²) in [6.07, 6.45) is -0.0471. The van der Waals surface area contributed by atoms with E-state index >= 15 is 0 Å². The zero-order chi connectivity index (χ0) is 16.7. The van der Waals surface area contributed by atoms with Crippen molar-refractivity contribution in [3.05, 3.63) is 30.1 Å². The average molecular weight is 323 g/mol. The molecule has 1 heterocycles. The minimum absolute atomic E-state index is 0.00246. The number of anilines is 1. The Morgan fingerprint density at radius 2 is 1.83 bits per heavy atom. The summed E-state index contributed by atoms with van der Waals surface area (Å²) in [5, 5.41) is 2.92. The van der Waals surface area contributed by atoms with Crippen LogP contribution in [0.1, 0.15) is 13.3 Å². The summed E-state index contributed by atoms with van der Waals surface area (Å²) in [6.45, 7) is 4.43. The lowest BCUT2D eigenvalue weighted by molar-refractivity contribution is -0.132. The Morgan fingerprint density at radius 3 is 2.48 bits per heavy atom. The standard InChI is InChI=1S/C16H22FN3O3/c1-2-23-16(22)20-11-9-19(10-12-20)15(21)7-8-18-14-6-4-3-5-13(14)17/h3-6,18H,2,7-12H2,1H3. The maximum Gasteiger partial charge on any atom is 0.409 e. The third-order valence-electron chi connectivity index (χ3n) is 3.69. The smallest absolute Gasteiger partial charge is 0.409 e. The largest absolute Gasteiger partial charge is 0.450 e. The van der Waals surface area contributed by atoms with Crippen LogP contribution in [0.15, 0.2) is 24.3 Å². The van der Waals surface area contributed by atoms with Crippen molar-refractivity contribution in [2.45, 2.75) is 13.3 Å². The molecule has 1 N–H and O–H groups in total. The number of para-hydroxylation sites is 1. The Hall–Kier alpha value is -2.31. The van der Waals surface area contributed by atoms with E-state index in [2.05, 4.69) is 5.32 Å². The molecule has 0 spiro atoms. The van der Waals surface area contributed by atoms with E-state index in [-0.39, 0.29) is 24.2 Å². The number of rotatable bonds is 5. The van der Waals surface area contributed by atoms with E-state index in [4.69, 9.17) is 4.74 Å². The first-order valence-corrected chi connectivity index (χ1v) is 7.79. The van der Waals surface area contributed by atoms with Crippen LogP contribution < -0.4 is 5.32 Å².